The quantitative estimate of drug-likeness (QED) is 0.160. The van der Waals surface area contributed by atoms with E-state index in [2.05, 4.69) is 19.9 Å². The average molecular weight is 711 g/mol. The molecule has 1 saturated heterocycles. The fraction of sp³-hybridized carbons (Fsp3) is 0.286. The normalized spacial score (nSPS) is 14.0. The van der Waals surface area contributed by atoms with E-state index < -0.39 is 62.0 Å². The van der Waals surface area contributed by atoms with E-state index >= 15 is 0 Å². The van der Waals surface area contributed by atoms with E-state index in [1.54, 1.807) is 50.2 Å². The topological polar surface area (TPSA) is 147 Å². The third-order valence-corrected chi connectivity index (χ3v) is 10.1. The van der Waals surface area contributed by atoms with Crippen LogP contribution in [0.25, 0.3) is 0 Å². The number of piperidine rings is 1. The molecule has 0 aliphatic carbocycles. The Hall–Kier alpha value is -5.15. The highest BCUT2D eigenvalue weighted by Crippen LogP contribution is 2.29. The van der Waals surface area contributed by atoms with E-state index in [0.717, 1.165) is 17.3 Å². The number of carbonyl (C=O) groups excluding carboxylic acids is 2. The van der Waals surface area contributed by atoms with Crippen molar-refractivity contribution >= 4 is 39.0 Å². The van der Waals surface area contributed by atoms with E-state index in [-0.39, 0.29) is 5.69 Å². The molecule has 5 rings (SSSR count). The van der Waals surface area contributed by atoms with Crippen molar-refractivity contribution in [3.8, 4) is 11.6 Å². The molecule has 4 aromatic rings. The van der Waals surface area contributed by atoms with Crippen LogP contribution in [-0.4, -0.2) is 54.6 Å². The number of halogens is 3. The number of amides is 3. The molecule has 3 amide bonds. The number of carbonyl (C=O) groups is 2. The molecule has 1 aliphatic heterocycles. The number of hydrogen-bond donors (Lipinski definition) is 3. The lowest BCUT2D eigenvalue weighted by Crippen LogP contribution is -2.49. The molecule has 11 nitrogen and oxygen atoms in total. The first kappa shape index (κ1) is 36.1. The summed E-state index contributed by atoms with van der Waals surface area (Å²) in [5, 5.41) is 1.83. The minimum absolute atomic E-state index is 0.251. The molecule has 0 bridgehead atoms. The Bertz CT molecular complexity index is 1990. The second kappa shape index (κ2) is 15.2. The van der Waals surface area contributed by atoms with Gasteiger partial charge in [0.1, 0.15) is 23.2 Å². The van der Waals surface area contributed by atoms with Crippen molar-refractivity contribution in [1.82, 2.24) is 9.88 Å². The van der Waals surface area contributed by atoms with E-state index in [9.17, 15) is 31.2 Å². The summed E-state index contributed by atoms with van der Waals surface area (Å²) in [5.74, 6) is -3.08. The van der Waals surface area contributed by atoms with Crippen LogP contribution >= 0.6 is 0 Å². The number of likely N-dealkylation sites (tertiary alicyclic amines) is 1. The van der Waals surface area contributed by atoms with E-state index in [0.29, 0.717) is 55.9 Å². The number of aromatic nitrogens is 1. The number of nitrogens with two attached hydrogens (primary N) is 1. The van der Waals surface area contributed by atoms with Gasteiger partial charge in [0.05, 0.1) is 16.5 Å². The fourth-order valence-corrected chi connectivity index (χ4v) is 6.19. The second-order valence-electron chi connectivity index (χ2n) is 12.2. The summed E-state index contributed by atoms with van der Waals surface area (Å²) >= 11 is 0. The number of aryl methyl sites for hydroxylation is 1. The molecular formula is C35H37F3N6O5S. The molecule has 1 aromatic heterocycles. The average Bonchev–Trinajstić information content (AvgIpc) is 3.05. The van der Waals surface area contributed by atoms with Crippen molar-refractivity contribution < 1.29 is 35.9 Å². The number of sulfonamides is 1. The lowest BCUT2D eigenvalue weighted by atomic mass is 10.0. The molecule has 3 aromatic carbocycles. The summed E-state index contributed by atoms with van der Waals surface area (Å²) < 4.78 is 75.6. The molecule has 0 atom stereocenters. The molecule has 50 heavy (non-hydrogen) atoms. The number of primary amides is 1. The number of pyridine rings is 1. The van der Waals surface area contributed by atoms with Crippen LogP contribution < -0.4 is 25.4 Å². The van der Waals surface area contributed by atoms with E-state index in [1.165, 1.54) is 23.1 Å². The van der Waals surface area contributed by atoms with Gasteiger partial charge in [-0.25, -0.2) is 31.4 Å². The molecule has 0 saturated carbocycles. The molecule has 1 aliphatic rings. The minimum Gasteiger partial charge on any atom is -0.439 e. The highest BCUT2D eigenvalue weighted by atomic mass is 32.2. The summed E-state index contributed by atoms with van der Waals surface area (Å²) in [6, 6.07) is 15.8. The van der Waals surface area contributed by atoms with Crippen LogP contribution in [0.4, 0.5) is 35.0 Å². The molecule has 264 valence electrons. The van der Waals surface area contributed by atoms with Crippen molar-refractivity contribution in [2.24, 2.45) is 5.73 Å². The molecule has 0 radical (unpaired) electrons. The first-order chi connectivity index (χ1) is 23.7. The van der Waals surface area contributed by atoms with Gasteiger partial charge in [-0.3, -0.25) is 19.3 Å². The highest BCUT2D eigenvalue weighted by molar-refractivity contribution is 7.93. The van der Waals surface area contributed by atoms with Crippen molar-refractivity contribution in [3.63, 3.8) is 0 Å². The van der Waals surface area contributed by atoms with Gasteiger partial charge in [0, 0.05) is 54.9 Å². The largest absolute Gasteiger partial charge is 0.439 e. The van der Waals surface area contributed by atoms with Crippen LogP contribution in [-0.2, 0) is 16.6 Å². The Morgan fingerprint density at radius 2 is 1.70 bits per heavy atom. The summed E-state index contributed by atoms with van der Waals surface area (Å²) in [5.41, 5.74) is 6.56. The third-order valence-electron chi connectivity index (χ3n) is 8.31. The van der Waals surface area contributed by atoms with Gasteiger partial charge in [-0.1, -0.05) is 12.1 Å². The zero-order valence-electron chi connectivity index (χ0n) is 27.6. The predicted octanol–water partition coefficient (Wildman–Crippen LogP) is 6.55. The summed E-state index contributed by atoms with van der Waals surface area (Å²) in [6.45, 7) is 6.77. The van der Waals surface area contributed by atoms with Gasteiger partial charge in [-0.2, -0.15) is 0 Å². The van der Waals surface area contributed by atoms with E-state index in [1.807, 2.05) is 13.0 Å². The van der Waals surface area contributed by atoms with Crippen LogP contribution in [0.3, 0.4) is 0 Å². The van der Waals surface area contributed by atoms with Crippen LogP contribution in [0, 0.1) is 24.4 Å². The van der Waals surface area contributed by atoms with Gasteiger partial charge in [-0.15, -0.1) is 0 Å². The lowest BCUT2D eigenvalue weighted by molar-refractivity contribution is 0.0996. The van der Waals surface area contributed by atoms with Gasteiger partial charge in [0.15, 0.2) is 0 Å². The van der Waals surface area contributed by atoms with Crippen LogP contribution in [0.5, 0.6) is 11.6 Å². The highest BCUT2D eigenvalue weighted by Gasteiger charge is 2.31. The lowest BCUT2D eigenvalue weighted by Gasteiger charge is -2.38. The van der Waals surface area contributed by atoms with Gasteiger partial charge in [-0.05, 0) is 87.7 Å². The number of rotatable bonds is 11. The summed E-state index contributed by atoms with van der Waals surface area (Å²) in [4.78, 5) is 33.3. The van der Waals surface area contributed by atoms with Crippen LogP contribution in [0.15, 0.2) is 72.8 Å². The third kappa shape index (κ3) is 8.71. The Kier molecular flexibility index (Phi) is 11.0. The number of nitrogens with zero attached hydrogens (tertiary/aromatic N) is 3. The number of hydrogen-bond acceptors (Lipinski definition) is 7. The van der Waals surface area contributed by atoms with Gasteiger partial charge < -0.3 is 15.8 Å². The molecule has 1 fully saturated rings. The molecule has 2 heterocycles. The van der Waals surface area contributed by atoms with Gasteiger partial charge in [0.2, 0.25) is 15.9 Å². The number of anilines is 3. The molecule has 4 N–H and O–H groups in total. The van der Waals surface area contributed by atoms with Crippen molar-refractivity contribution in [3.05, 3.63) is 107 Å². The van der Waals surface area contributed by atoms with Crippen molar-refractivity contribution in [2.45, 2.75) is 51.4 Å². The maximum atomic E-state index is 14.6. The summed E-state index contributed by atoms with van der Waals surface area (Å²) in [7, 11) is -3.47. The zero-order chi connectivity index (χ0) is 36.2. The van der Waals surface area contributed by atoms with Crippen molar-refractivity contribution in [1.29, 1.82) is 0 Å². The Morgan fingerprint density at radius 3 is 2.32 bits per heavy atom. The maximum Gasteiger partial charge on any atom is 0.326 e. The second-order valence-corrected chi connectivity index (χ2v) is 14.4. The molecule has 0 unspecified atom stereocenters. The van der Waals surface area contributed by atoms with Gasteiger partial charge in [0.25, 0.3) is 5.91 Å². The SMILES string of the molecule is Cc1nc(Oc2ccc(NS(=O)(=O)C(C)C)cc2)ccc1CN1CCC(N(C(=O)Nc2cc(C(N)=O)c(F)cc2F)c2cccc(F)c2)CC1. The standard InChI is InChI=1S/C35H37F3N6O5S/c1-21(2)50(47,48)42-25-8-10-28(11-9-25)49-33-12-7-23(22(3)40-33)20-43-15-13-26(14-16-43)44(27-6-4-5-24(36)17-27)35(46)41-32-18-29(34(39)45)30(37)19-31(32)38/h4-12,17-19,21,26,42H,13-16,20H2,1-3H3,(H2,39,45)(H,41,46). The van der Waals surface area contributed by atoms with Crippen molar-refractivity contribution in [2.75, 3.05) is 28.0 Å². The smallest absolute Gasteiger partial charge is 0.326 e. The summed E-state index contributed by atoms with van der Waals surface area (Å²) in [6.07, 6.45) is 0.999. The first-order valence-electron chi connectivity index (χ1n) is 15.8. The number of benzene rings is 3. The van der Waals surface area contributed by atoms with Crippen LogP contribution in [0.2, 0.25) is 0 Å². The monoisotopic (exact) mass is 710 g/mol. The van der Waals surface area contributed by atoms with Gasteiger partial charge >= 0.3 is 6.03 Å². The number of nitrogens with one attached hydrogen (secondary N) is 2. The first-order valence-corrected chi connectivity index (χ1v) is 17.4. The Labute approximate surface area is 288 Å². The minimum atomic E-state index is -3.47. The molecule has 0 spiro atoms. The molecular weight excluding hydrogens is 673 g/mol. The Balaban J connectivity index is 1.23. The Morgan fingerprint density at radius 1 is 1.00 bits per heavy atom. The maximum absolute atomic E-state index is 14.6. The zero-order valence-corrected chi connectivity index (χ0v) is 28.4. The van der Waals surface area contributed by atoms with Crippen LogP contribution in [0.1, 0.15) is 48.3 Å². The fourth-order valence-electron chi connectivity index (χ4n) is 5.49. The number of urea groups is 1. The predicted molar refractivity (Wildman–Crippen MR) is 184 cm³/mol. The number of ether oxygens (including phenoxy) is 1. The molecule has 15 heteroatoms. The van der Waals surface area contributed by atoms with E-state index in [4.69, 9.17) is 10.5 Å².